The minimum atomic E-state index is -0.0627. The van der Waals surface area contributed by atoms with Gasteiger partial charge in [-0.2, -0.15) is 5.26 Å². The van der Waals surface area contributed by atoms with Gasteiger partial charge in [0.05, 0.1) is 11.5 Å². The van der Waals surface area contributed by atoms with Crippen molar-refractivity contribution in [3.63, 3.8) is 0 Å². The summed E-state index contributed by atoms with van der Waals surface area (Å²) in [5.41, 5.74) is 1.24. The second-order valence-electron chi connectivity index (χ2n) is 4.40. The molecule has 0 heterocycles. The van der Waals surface area contributed by atoms with Gasteiger partial charge in [0, 0.05) is 3.57 Å². The van der Waals surface area contributed by atoms with E-state index in [4.69, 9.17) is 0 Å². The van der Waals surface area contributed by atoms with Crippen LogP contribution in [0.4, 0.5) is 0 Å². The van der Waals surface area contributed by atoms with E-state index in [-0.39, 0.29) is 5.41 Å². The van der Waals surface area contributed by atoms with Gasteiger partial charge < -0.3 is 0 Å². The molecule has 1 aromatic rings. The van der Waals surface area contributed by atoms with Crippen molar-refractivity contribution >= 4 is 22.6 Å². The summed E-state index contributed by atoms with van der Waals surface area (Å²) in [7, 11) is 0. The number of hydrogen-bond donors (Lipinski definition) is 0. The zero-order valence-corrected chi connectivity index (χ0v) is 10.8. The van der Waals surface area contributed by atoms with Crippen LogP contribution in [0.2, 0.25) is 0 Å². The standard InChI is InChI=1S/C13H14IN/c14-12-5-3-11(4-6-12)9-13(10-15)7-1-2-8-13/h3-6H,1-2,7-9H2. The SMILES string of the molecule is N#CC1(Cc2ccc(I)cc2)CCCC1. The van der Waals surface area contributed by atoms with E-state index in [1.807, 2.05) is 0 Å². The maximum Gasteiger partial charge on any atom is 0.0693 e. The topological polar surface area (TPSA) is 23.8 Å². The van der Waals surface area contributed by atoms with Gasteiger partial charge in [-0.25, -0.2) is 0 Å². The second kappa shape index (κ2) is 4.52. The average molecular weight is 311 g/mol. The quantitative estimate of drug-likeness (QED) is 0.760. The van der Waals surface area contributed by atoms with Gasteiger partial charge in [0.2, 0.25) is 0 Å². The number of rotatable bonds is 2. The van der Waals surface area contributed by atoms with Gasteiger partial charge >= 0.3 is 0 Å². The van der Waals surface area contributed by atoms with E-state index in [9.17, 15) is 5.26 Å². The lowest BCUT2D eigenvalue weighted by atomic mass is 9.82. The first-order valence-electron chi connectivity index (χ1n) is 5.40. The molecule has 1 saturated carbocycles. The summed E-state index contributed by atoms with van der Waals surface area (Å²) in [5.74, 6) is 0. The summed E-state index contributed by atoms with van der Waals surface area (Å²) < 4.78 is 1.26. The van der Waals surface area contributed by atoms with Gasteiger partial charge in [0.25, 0.3) is 0 Å². The van der Waals surface area contributed by atoms with Crippen LogP contribution in [0.15, 0.2) is 24.3 Å². The first-order valence-corrected chi connectivity index (χ1v) is 6.48. The zero-order valence-electron chi connectivity index (χ0n) is 8.67. The van der Waals surface area contributed by atoms with Crippen LogP contribution in [0.25, 0.3) is 0 Å². The van der Waals surface area contributed by atoms with Crippen molar-refractivity contribution in [2.45, 2.75) is 32.1 Å². The molecule has 0 saturated heterocycles. The zero-order chi connectivity index (χ0) is 10.7. The molecule has 1 aliphatic rings. The molecule has 0 spiro atoms. The molecule has 2 rings (SSSR count). The third-order valence-electron chi connectivity index (χ3n) is 3.25. The summed E-state index contributed by atoms with van der Waals surface area (Å²) in [6.07, 6.45) is 5.53. The van der Waals surface area contributed by atoms with Crippen molar-refractivity contribution in [1.82, 2.24) is 0 Å². The highest BCUT2D eigenvalue weighted by Crippen LogP contribution is 2.40. The van der Waals surface area contributed by atoms with Crippen LogP contribution in [0, 0.1) is 20.3 Å². The van der Waals surface area contributed by atoms with Gasteiger partial charge in [-0.05, 0) is 59.5 Å². The van der Waals surface area contributed by atoms with Crippen molar-refractivity contribution in [2.24, 2.45) is 5.41 Å². The number of halogens is 1. The molecule has 1 aromatic carbocycles. The van der Waals surface area contributed by atoms with Crippen molar-refractivity contribution in [3.05, 3.63) is 33.4 Å². The predicted molar refractivity (Wildman–Crippen MR) is 69.4 cm³/mol. The maximum absolute atomic E-state index is 9.28. The van der Waals surface area contributed by atoms with Gasteiger partial charge in [0.15, 0.2) is 0 Å². The van der Waals surface area contributed by atoms with E-state index in [2.05, 4.69) is 52.9 Å². The third-order valence-corrected chi connectivity index (χ3v) is 3.97. The van der Waals surface area contributed by atoms with Crippen LogP contribution >= 0.6 is 22.6 Å². The molecule has 0 N–H and O–H groups in total. The van der Waals surface area contributed by atoms with Crippen molar-refractivity contribution in [2.75, 3.05) is 0 Å². The molecule has 0 atom stereocenters. The fourth-order valence-electron chi connectivity index (χ4n) is 2.37. The van der Waals surface area contributed by atoms with Crippen LogP contribution in [-0.4, -0.2) is 0 Å². The Bertz CT molecular complexity index is 369. The molecule has 1 fully saturated rings. The highest BCUT2D eigenvalue weighted by Gasteiger charge is 2.33. The van der Waals surface area contributed by atoms with Crippen LogP contribution in [0.3, 0.4) is 0 Å². The Morgan fingerprint density at radius 2 is 1.80 bits per heavy atom. The third kappa shape index (κ3) is 2.52. The summed E-state index contributed by atoms with van der Waals surface area (Å²) in [5, 5.41) is 9.28. The molecule has 15 heavy (non-hydrogen) atoms. The highest BCUT2D eigenvalue weighted by atomic mass is 127. The van der Waals surface area contributed by atoms with E-state index in [1.54, 1.807) is 0 Å². The van der Waals surface area contributed by atoms with Gasteiger partial charge in [-0.3, -0.25) is 0 Å². The summed E-state index contributed by atoms with van der Waals surface area (Å²) in [6.45, 7) is 0. The predicted octanol–water partition coefficient (Wildman–Crippen LogP) is 3.92. The number of benzene rings is 1. The number of nitriles is 1. The molecular weight excluding hydrogens is 297 g/mol. The minimum absolute atomic E-state index is 0.0627. The summed E-state index contributed by atoms with van der Waals surface area (Å²) in [6, 6.07) is 11.1. The Hall–Kier alpha value is -0.560. The monoisotopic (exact) mass is 311 g/mol. The van der Waals surface area contributed by atoms with E-state index in [0.717, 1.165) is 19.3 Å². The Morgan fingerprint density at radius 1 is 1.20 bits per heavy atom. The van der Waals surface area contributed by atoms with E-state index in [0.29, 0.717) is 0 Å². The molecule has 1 aliphatic carbocycles. The van der Waals surface area contributed by atoms with Crippen LogP contribution in [0.1, 0.15) is 31.2 Å². The molecule has 2 heteroatoms. The van der Waals surface area contributed by atoms with Crippen LogP contribution in [-0.2, 0) is 6.42 Å². The van der Waals surface area contributed by atoms with Crippen LogP contribution < -0.4 is 0 Å². The van der Waals surface area contributed by atoms with Gasteiger partial charge in [0.1, 0.15) is 0 Å². The van der Waals surface area contributed by atoms with E-state index < -0.39 is 0 Å². The molecule has 0 radical (unpaired) electrons. The van der Waals surface area contributed by atoms with Crippen molar-refractivity contribution in [1.29, 1.82) is 5.26 Å². The van der Waals surface area contributed by atoms with Crippen molar-refractivity contribution in [3.8, 4) is 6.07 Å². The highest BCUT2D eigenvalue weighted by molar-refractivity contribution is 14.1. The lowest BCUT2D eigenvalue weighted by Gasteiger charge is -2.19. The lowest BCUT2D eigenvalue weighted by molar-refractivity contribution is 0.408. The fourth-order valence-corrected chi connectivity index (χ4v) is 2.73. The smallest absolute Gasteiger partial charge is 0.0693 e. The number of hydrogen-bond acceptors (Lipinski definition) is 1. The second-order valence-corrected chi connectivity index (χ2v) is 5.65. The van der Waals surface area contributed by atoms with Crippen LogP contribution in [0.5, 0.6) is 0 Å². The van der Waals surface area contributed by atoms with E-state index >= 15 is 0 Å². The first-order chi connectivity index (χ1) is 7.24. The molecule has 1 nitrogen and oxygen atoms in total. The Kier molecular flexibility index (Phi) is 3.30. The summed E-state index contributed by atoms with van der Waals surface area (Å²) in [4.78, 5) is 0. The molecule has 0 bridgehead atoms. The molecular formula is C13H14IN. The maximum atomic E-state index is 9.28. The number of nitrogens with zero attached hydrogens (tertiary/aromatic N) is 1. The largest absolute Gasteiger partial charge is 0.198 e. The minimum Gasteiger partial charge on any atom is -0.198 e. The molecule has 0 aromatic heterocycles. The van der Waals surface area contributed by atoms with Crippen molar-refractivity contribution < 1.29 is 0 Å². The average Bonchev–Trinajstić information content (AvgIpc) is 2.71. The Balaban J connectivity index is 2.14. The molecule has 0 unspecified atom stereocenters. The Labute approximate surface area is 105 Å². The van der Waals surface area contributed by atoms with E-state index in [1.165, 1.54) is 22.0 Å². The Morgan fingerprint density at radius 3 is 2.33 bits per heavy atom. The molecule has 0 aliphatic heterocycles. The molecule has 78 valence electrons. The van der Waals surface area contributed by atoms with Gasteiger partial charge in [-0.1, -0.05) is 25.0 Å². The molecule has 0 amide bonds. The first kappa shape index (κ1) is 10.9. The normalized spacial score (nSPS) is 18.7. The van der Waals surface area contributed by atoms with Gasteiger partial charge in [-0.15, -0.1) is 0 Å². The fraction of sp³-hybridized carbons (Fsp3) is 0.462. The summed E-state index contributed by atoms with van der Waals surface area (Å²) >= 11 is 2.31. The lowest BCUT2D eigenvalue weighted by Crippen LogP contribution is -2.16.